The molecule has 0 saturated heterocycles. The molecule has 0 bridgehead atoms. The SMILES string of the molecule is CCN(CC)CCN1C(N)=NCC1c1cnccc1C. The van der Waals surface area contributed by atoms with Crippen molar-refractivity contribution < 1.29 is 0 Å². The van der Waals surface area contributed by atoms with Crippen molar-refractivity contribution in [3.05, 3.63) is 29.6 Å². The molecule has 1 aromatic heterocycles. The van der Waals surface area contributed by atoms with Crippen LogP contribution in [0.15, 0.2) is 23.5 Å². The number of pyridine rings is 1. The molecule has 20 heavy (non-hydrogen) atoms. The lowest BCUT2D eigenvalue weighted by atomic mass is 10.0. The summed E-state index contributed by atoms with van der Waals surface area (Å²) in [5.41, 5.74) is 8.55. The van der Waals surface area contributed by atoms with Crippen molar-refractivity contribution in [1.82, 2.24) is 14.8 Å². The zero-order valence-corrected chi connectivity index (χ0v) is 12.7. The summed E-state index contributed by atoms with van der Waals surface area (Å²) < 4.78 is 0. The van der Waals surface area contributed by atoms with Crippen LogP contribution in [0.5, 0.6) is 0 Å². The minimum atomic E-state index is 0.235. The van der Waals surface area contributed by atoms with Crippen LogP contribution in [0.2, 0.25) is 0 Å². The number of rotatable bonds is 6. The Kier molecular flexibility index (Phi) is 4.95. The molecule has 5 heteroatoms. The molecule has 2 N–H and O–H groups in total. The van der Waals surface area contributed by atoms with Gasteiger partial charge in [0.25, 0.3) is 0 Å². The Bertz CT molecular complexity index is 467. The van der Waals surface area contributed by atoms with E-state index in [-0.39, 0.29) is 6.04 Å². The van der Waals surface area contributed by atoms with Gasteiger partial charge in [0.2, 0.25) is 0 Å². The smallest absolute Gasteiger partial charge is 0.191 e. The molecule has 1 aromatic rings. The largest absolute Gasteiger partial charge is 0.370 e. The van der Waals surface area contributed by atoms with E-state index in [4.69, 9.17) is 5.73 Å². The molecule has 1 aliphatic heterocycles. The Morgan fingerprint density at radius 3 is 2.80 bits per heavy atom. The number of aromatic nitrogens is 1. The van der Waals surface area contributed by atoms with Crippen LogP contribution in [0.25, 0.3) is 0 Å². The van der Waals surface area contributed by atoms with Crippen LogP contribution in [0, 0.1) is 6.92 Å². The van der Waals surface area contributed by atoms with E-state index in [1.807, 2.05) is 18.5 Å². The average Bonchev–Trinajstić information content (AvgIpc) is 2.82. The molecule has 0 spiro atoms. The molecule has 1 atom stereocenters. The summed E-state index contributed by atoms with van der Waals surface area (Å²) in [6.07, 6.45) is 3.77. The number of hydrogen-bond acceptors (Lipinski definition) is 5. The molecule has 110 valence electrons. The Balaban J connectivity index is 2.09. The van der Waals surface area contributed by atoms with Crippen LogP contribution in [0.3, 0.4) is 0 Å². The van der Waals surface area contributed by atoms with Gasteiger partial charge < -0.3 is 15.5 Å². The third kappa shape index (κ3) is 3.10. The first-order chi connectivity index (χ1) is 9.67. The van der Waals surface area contributed by atoms with E-state index in [9.17, 15) is 0 Å². The predicted octanol–water partition coefficient (Wildman–Crippen LogP) is 1.40. The molecule has 2 rings (SSSR count). The van der Waals surface area contributed by atoms with Crippen LogP contribution in [0.4, 0.5) is 0 Å². The standard InChI is InChI=1S/C15H25N5/c1-4-19(5-2)8-9-20-14(11-18-15(20)16)13-10-17-7-6-12(13)3/h6-7,10,14H,4-5,8-9,11H2,1-3H3,(H2,16,18). The first kappa shape index (κ1) is 14.8. The van der Waals surface area contributed by atoms with E-state index >= 15 is 0 Å². The molecule has 0 amide bonds. The zero-order chi connectivity index (χ0) is 14.5. The van der Waals surface area contributed by atoms with Crippen molar-refractivity contribution in [2.24, 2.45) is 10.7 Å². The highest BCUT2D eigenvalue weighted by atomic mass is 15.3. The second kappa shape index (κ2) is 6.70. The van der Waals surface area contributed by atoms with Gasteiger partial charge in [-0.05, 0) is 37.2 Å². The van der Waals surface area contributed by atoms with E-state index in [0.717, 1.165) is 32.7 Å². The highest BCUT2D eigenvalue weighted by Crippen LogP contribution is 2.26. The molecule has 0 aliphatic carbocycles. The molecule has 5 nitrogen and oxygen atoms in total. The molecular weight excluding hydrogens is 250 g/mol. The van der Waals surface area contributed by atoms with Gasteiger partial charge in [0, 0.05) is 25.5 Å². The Labute approximate surface area is 121 Å². The summed E-state index contributed by atoms with van der Waals surface area (Å²) in [4.78, 5) is 13.3. The van der Waals surface area contributed by atoms with Crippen molar-refractivity contribution >= 4 is 5.96 Å². The summed E-state index contributed by atoms with van der Waals surface area (Å²) in [6, 6.07) is 2.28. The maximum Gasteiger partial charge on any atom is 0.191 e. The van der Waals surface area contributed by atoms with Crippen LogP contribution in [0.1, 0.15) is 31.0 Å². The van der Waals surface area contributed by atoms with Crippen molar-refractivity contribution in [1.29, 1.82) is 0 Å². The van der Waals surface area contributed by atoms with Gasteiger partial charge in [0.1, 0.15) is 0 Å². The van der Waals surface area contributed by atoms with E-state index in [1.54, 1.807) is 0 Å². The number of nitrogens with two attached hydrogens (primary N) is 1. The second-order valence-corrected chi connectivity index (χ2v) is 5.17. The van der Waals surface area contributed by atoms with Gasteiger partial charge in [-0.25, -0.2) is 0 Å². The first-order valence-corrected chi connectivity index (χ1v) is 7.36. The van der Waals surface area contributed by atoms with Crippen molar-refractivity contribution in [3.63, 3.8) is 0 Å². The minimum absolute atomic E-state index is 0.235. The van der Waals surface area contributed by atoms with Gasteiger partial charge in [-0.1, -0.05) is 13.8 Å². The van der Waals surface area contributed by atoms with Crippen LogP contribution >= 0.6 is 0 Å². The number of hydrogen-bond donors (Lipinski definition) is 1. The lowest BCUT2D eigenvalue weighted by Gasteiger charge is -2.29. The average molecular weight is 275 g/mol. The summed E-state index contributed by atoms with van der Waals surface area (Å²) in [7, 11) is 0. The fourth-order valence-corrected chi connectivity index (χ4v) is 2.68. The summed E-state index contributed by atoms with van der Waals surface area (Å²) in [5, 5.41) is 0. The van der Waals surface area contributed by atoms with Gasteiger partial charge in [-0.3, -0.25) is 9.98 Å². The molecule has 2 heterocycles. The highest BCUT2D eigenvalue weighted by molar-refractivity contribution is 5.80. The van der Waals surface area contributed by atoms with Crippen LogP contribution in [-0.2, 0) is 0 Å². The van der Waals surface area contributed by atoms with Gasteiger partial charge >= 0.3 is 0 Å². The third-order valence-electron chi connectivity index (χ3n) is 4.09. The zero-order valence-electron chi connectivity index (χ0n) is 12.7. The maximum absolute atomic E-state index is 6.06. The first-order valence-electron chi connectivity index (χ1n) is 7.36. The molecule has 0 fully saturated rings. The van der Waals surface area contributed by atoms with Crippen LogP contribution < -0.4 is 5.73 Å². The monoisotopic (exact) mass is 275 g/mol. The van der Waals surface area contributed by atoms with Crippen LogP contribution in [-0.4, -0.2) is 53.5 Å². The number of nitrogens with zero attached hydrogens (tertiary/aromatic N) is 4. The fraction of sp³-hybridized carbons (Fsp3) is 0.600. The normalized spacial score (nSPS) is 18.7. The van der Waals surface area contributed by atoms with Gasteiger partial charge in [-0.15, -0.1) is 0 Å². The third-order valence-corrected chi connectivity index (χ3v) is 4.09. The van der Waals surface area contributed by atoms with E-state index in [2.05, 4.69) is 40.5 Å². The molecule has 1 unspecified atom stereocenters. The number of aliphatic imine (C=N–C) groups is 1. The Morgan fingerprint density at radius 2 is 2.15 bits per heavy atom. The van der Waals surface area contributed by atoms with Gasteiger partial charge in [0.15, 0.2) is 5.96 Å². The van der Waals surface area contributed by atoms with Crippen molar-refractivity contribution in [2.75, 3.05) is 32.7 Å². The molecule has 0 radical (unpaired) electrons. The summed E-state index contributed by atoms with van der Waals surface area (Å²) >= 11 is 0. The number of guanidine groups is 1. The molecule has 0 saturated carbocycles. The van der Waals surface area contributed by atoms with Gasteiger partial charge in [0.05, 0.1) is 12.6 Å². The van der Waals surface area contributed by atoms with Crippen molar-refractivity contribution in [3.8, 4) is 0 Å². The minimum Gasteiger partial charge on any atom is -0.370 e. The second-order valence-electron chi connectivity index (χ2n) is 5.17. The summed E-state index contributed by atoms with van der Waals surface area (Å²) in [5.74, 6) is 0.658. The van der Waals surface area contributed by atoms with E-state index in [1.165, 1.54) is 11.1 Å². The topological polar surface area (TPSA) is 57.8 Å². The maximum atomic E-state index is 6.06. The van der Waals surface area contributed by atoms with E-state index in [0.29, 0.717) is 5.96 Å². The fourth-order valence-electron chi connectivity index (χ4n) is 2.68. The molecular formula is C15H25N5. The quantitative estimate of drug-likeness (QED) is 0.852. The number of likely N-dealkylation sites (N-methyl/N-ethyl adjacent to an activating group) is 1. The van der Waals surface area contributed by atoms with Gasteiger partial charge in [-0.2, -0.15) is 0 Å². The Hall–Kier alpha value is -1.62. The summed E-state index contributed by atoms with van der Waals surface area (Å²) in [6.45, 7) is 11.3. The van der Waals surface area contributed by atoms with E-state index < -0.39 is 0 Å². The van der Waals surface area contributed by atoms with Crippen molar-refractivity contribution in [2.45, 2.75) is 26.8 Å². The Morgan fingerprint density at radius 1 is 1.40 bits per heavy atom. The predicted molar refractivity (Wildman–Crippen MR) is 82.7 cm³/mol. The molecule has 1 aliphatic rings. The number of aryl methyl sites for hydroxylation is 1. The molecule has 0 aromatic carbocycles. The lowest BCUT2D eigenvalue weighted by Crippen LogP contribution is -2.41. The highest BCUT2D eigenvalue weighted by Gasteiger charge is 2.28. The lowest BCUT2D eigenvalue weighted by molar-refractivity contribution is 0.248.